The number of pyridine rings is 1. The number of halogens is 2. The normalized spacial score (nSPS) is 11.6. The van der Waals surface area contributed by atoms with Gasteiger partial charge in [0.25, 0.3) is 0 Å². The molecule has 2 aromatic carbocycles. The molecule has 0 fully saturated rings. The summed E-state index contributed by atoms with van der Waals surface area (Å²) >= 11 is 0. The highest BCUT2D eigenvalue weighted by atomic mass is 32.2. The van der Waals surface area contributed by atoms with Gasteiger partial charge in [-0.1, -0.05) is 13.0 Å². The van der Waals surface area contributed by atoms with Gasteiger partial charge in [-0.2, -0.15) is 5.10 Å². The van der Waals surface area contributed by atoms with Gasteiger partial charge in [0.2, 0.25) is 0 Å². The third-order valence-corrected chi connectivity index (χ3v) is 6.88. The first-order valence-electron chi connectivity index (χ1n) is 10.5. The SMILES string of the molecule is CCS(=O)(=O)c1ccc(Oc2cc3cc(-c4ccn[nH]4)[nH]c3cc2Oc2c(F)cccc2F)cn1. The molecular formula is C24H18F2N4O4S. The van der Waals surface area contributed by atoms with Gasteiger partial charge in [-0.05, 0) is 42.5 Å². The number of aromatic nitrogens is 4. The maximum Gasteiger partial charge on any atom is 0.198 e. The molecule has 2 N–H and O–H groups in total. The third kappa shape index (κ3) is 4.45. The van der Waals surface area contributed by atoms with Crippen LogP contribution >= 0.6 is 0 Å². The summed E-state index contributed by atoms with van der Waals surface area (Å²) in [7, 11) is -3.48. The second-order valence-corrected chi connectivity index (χ2v) is 9.76. The first-order valence-corrected chi connectivity index (χ1v) is 12.1. The van der Waals surface area contributed by atoms with Gasteiger partial charge in [0, 0.05) is 23.2 Å². The van der Waals surface area contributed by atoms with Gasteiger partial charge in [-0.25, -0.2) is 22.2 Å². The van der Waals surface area contributed by atoms with Crippen molar-refractivity contribution in [3.05, 3.63) is 78.6 Å². The quantitative estimate of drug-likeness (QED) is 0.303. The standard InChI is InChI=1S/C24H18F2N4O4S/c1-2-35(31,32)23-7-6-15(13-27-23)33-21-11-14-10-20(18-8-9-28-30-18)29-19(14)12-22(21)34-24-16(25)4-3-5-17(24)26/h3-13,29H,2H2,1H3,(H,28,30). The van der Waals surface area contributed by atoms with Crippen molar-refractivity contribution in [3.8, 4) is 34.4 Å². The summed E-state index contributed by atoms with van der Waals surface area (Å²) in [4.78, 5) is 7.17. The predicted molar refractivity (Wildman–Crippen MR) is 124 cm³/mol. The summed E-state index contributed by atoms with van der Waals surface area (Å²) < 4.78 is 64.2. The van der Waals surface area contributed by atoms with Crippen LogP contribution in [0.15, 0.2) is 72.0 Å². The van der Waals surface area contributed by atoms with E-state index in [1.54, 1.807) is 24.4 Å². The molecular weight excluding hydrogens is 478 g/mol. The topological polar surface area (TPSA) is 110 Å². The Morgan fingerprint density at radius 1 is 0.943 bits per heavy atom. The minimum absolute atomic E-state index is 0.0322. The molecule has 35 heavy (non-hydrogen) atoms. The number of hydrogen-bond acceptors (Lipinski definition) is 6. The van der Waals surface area contributed by atoms with E-state index in [0.29, 0.717) is 5.52 Å². The van der Waals surface area contributed by atoms with E-state index in [0.717, 1.165) is 28.9 Å². The monoisotopic (exact) mass is 496 g/mol. The first kappa shape index (κ1) is 22.5. The fourth-order valence-corrected chi connectivity index (χ4v) is 4.21. The Labute approximate surface area is 198 Å². The lowest BCUT2D eigenvalue weighted by Crippen LogP contribution is -2.05. The molecule has 0 aliphatic rings. The molecule has 5 aromatic rings. The van der Waals surface area contributed by atoms with E-state index in [1.807, 2.05) is 6.07 Å². The molecule has 0 amide bonds. The number of ether oxygens (including phenoxy) is 2. The van der Waals surface area contributed by atoms with Crippen molar-refractivity contribution in [1.82, 2.24) is 20.2 Å². The Morgan fingerprint density at radius 3 is 2.37 bits per heavy atom. The molecule has 3 aromatic heterocycles. The van der Waals surface area contributed by atoms with Gasteiger partial charge < -0.3 is 14.5 Å². The lowest BCUT2D eigenvalue weighted by Gasteiger charge is -2.14. The van der Waals surface area contributed by atoms with Crippen LogP contribution in [0.25, 0.3) is 22.3 Å². The number of nitrogens with one attached hydrogen (secondary N) is 2. The van der Waals surface area contributed by atoms with Crippen molar-refractivity contribution in [2.45, 2.75) is 11.9 Å². The molecule has 11 heteroatoms. The largest absolute Gasteiger partial charge is 0.452 e. The average Bonchev–Trinajstić information content (AvgIpc) is 3.52. The fourth-order valence-electron chi connectivity index (χ4n) is 3.43. The van der Waals surface area contributed by atoms with Crippen molar-refractivity contribution in [1.29, 1.82) is 0 Å². The van der Waals surface area contributed by atoms with Crippen LogP contribution in [0.2, 0.25) is 0 Å². The highest BCUT2D eigenvalue weighted by Gasteiger charge is 2.18. The molecule has 3 heterocycles. The van der Waals surface area contributed by atoms with E-state index >= 15 is 0 Å². The van der Waals surface area contributed by atoms with Crippen LogP contribution < -0.4 is 9.47 Å². The van der Waals surface area contributed by atoms with Gasteiger partial charge in [-0.15, -0.1) is 0 Å². The molecule has 0 saturated carbocycles. The van der Waals surface area contributed by atoms with E-state index in [4.69, 9.17) is 9.47 Å². The molecule has 0 saturated heterocycles. The lowest BCUT2D eigenvalue weighted by atomic mass is 10.2. The number of aromatic amines is 2. The van der Waals surface area contributed by atoms with Gasteiger partial charge in [0.15, 0.2) is 43.7 Å². The average molecular weight is 496 g/mol. The van der Waals surface area contributed by atoms with Crippen LogP contribution in [-0.2, 0) is 9.84 Å². The molecule has 5 rings (SSSR count). The molecule has 0 unspecified atom stereocenters. The van der Waals surface area contributed by atoms with Crippen LogP contribution in [0, 0.1) is 11.6 Å². The summed E-state index contributed by atoms with van der Waals surface area (Å²) in [5, 5.41) is 7.44. The maximum atomic E-state index is 14.3. The Hall–Kier alpha value is -4.25. The van der Waals surface area contributed by atoms with Gasteiger partial charge >= 0.3 is 0 Å². The molecule has 0 atom stereocenters. The molecule has 0 aliphatic heterocycles. The van der Waals surface area contributed by atoms with E-state index in [1.165, 1.54) is 31.3 Å². The van der Waals surface area contributed by atoms with E-state index < -0.39 is 27.2 Å². The highest BCUT2D eigenvalue weighted by molar-refractivity contribution is 7.91. The number of para-hydroxylation sites is 1. The molecule has 178 valence electrons. The molecule has 0 bridgehead atoms. The van der Waals surface area contributed by atoms with Crippen molar-refractivity contribution in [2.75, 3.05) is 5.75 Å². The number of fused-ring (bicyclic) bond motifs is 1. The molecule has 0 radical (unpaired) electrons. The Bertz CT molecular complexity index is 1600. The van der Waals surface area contributed by atoms with E-state index in [9.17, 15) is 17.2 Å². The van der Waals surface area contributed by atoms with Crippen molar-refractivity contribution in [3.63, 3.8) is 0 Å². The van der Waals surface area contributed by atoms with Crippen LogP contribution in [0.5, 0.6) is 23.0 Å². The zero-order valence-corrected chi connectivity index (χ0v) is 19.1. The molecule has 0 spiro atoms. The van der Waals surface area contributed by atoms with Gasteiger partial charge in [-0.3, -0.25) is 5.10 Å². The van der Waals surface area contributed by atoms with E-state index in [-0.39, 0.29) is 28.0 Å². The number of benzene rings is 2. The van der Waals surface area contributed by atoms with Crippen LogP contribution in [0.1, 0.15) is 6.92 Å². The number of hydrogen-bond donors (Lipinski definition) is 2. The Balaban J connectivity index is 1.57. The third-order valence-electron chi connectivity index (χ3n) is 5.24. The fraction of sp³-hybridized carbons (Fsp3) is 0.0833. The van der Waals surface area contributed by atoms with Crippen molar-refractivity contribution in [2.24, 2.45) is 0 Å². The van der Waals surface area contributed by atoms with E-state index in [2.05, 4.69) is 20.2 Å². The lowest BCUT2D eigenvalue weighted by molar-refractivity contribution is 0.381. The van der Waals surface area contributed by atoms with Crippen LogP contribution in [-0.4, -0.2) is 34.3 Å². The van der Waals surface area contributed by atoms with Crippen molar-refractivity contribution < 1.29 is 26.7 Å². The van der Waals surface area contributed by atoms with Crippen LogP contribution in [0.4, 0.5) is 8.78 Å². The summed E-state index contributed by atoms with van der Waals surface area (Å²) in [6, 6.07) is 13.0. The van der Waals surface area contributed by atoms with Crippen LogP contribution in [0.3, 0.4) is 0 Å². The minimum Gasteiger partial charge on any atom is -0.452 e. The first-order chi connectivity index (χ1) is 16.8. The van der Waals surface area contributed by atoms with Crippen molar-refractivity contribution >= 4 is 20.7 Å². The second-order valence-electron chi connectivity index (χ2n) is 7.53. The van der Waals surface area contributed by atoms with Gasteiger partial charge in [0.1, 0.15) is 5.75 Å². The number of rotatable bonds is 7. The number of H-pyrrole nitrogens is 2. The number of nitrogens with zero attached hydrogens (tertiary/aromatic N) is 2. The highest BCUT2D eigenvalue weighted by Crippen LogP contribution is 2.40. The summed E-state index contributed by atoms with van der Waals surface area (Å²) in [6.45, 7) is 1.52. The molecule has 0 aliphatic carbocycles. The summed E-state index contributed by atoms with van der Waals surface area (Å²) in [6.07, 6.45) is 2.87. The van der Waals surface area contributed by atoms with Gasteiger partial charge in [0.05, 0.1) is 23.3 Å². The summed E-state index contributed by atoms with van der Waals surface area (Å²) in [5.74, 6) is -2.04. The number of sulfone groups is 1. The zero-order valence-electron chi connectivity index (χ0n) is 18.2. The Morgan fingerprint density at radius 2 is 1.71 bits per heavy atom. The summed E-state index contributed by atoms with van der Waals surface area (Å²) in [5.41, 5.74) is 2.09. The molecule has 8 nitrogen and oxygen atoms in total. The zero-order chi connectivity index (χ0) is 24.6. The minimum atomic E-state index is -3.48. The Kier molecular flexibility index (Phi) is 5.69. The second kappa shape index (κ2) is 8.84. The smallest absolute Gasteiger partial charge is 0.198 e. The predicted octanol–water partition coefficient (Wildman–Crippen LogP) is 5.61. The maximum absolute atomic E-state index is 14.3.